The molecule has 1 aliphatic rings. The summed E-state index contributed by atoms with van der Waals surface area (Å²) in [6.45, 7) is 7.56. The maximum atomic E-state index is 5.88. The van der Waals surface area contributed by atoms with Gasteiger partial charge in [0.05, 0.1) is 0 Å². The smallest absolute Gasteiger partial charge is 0.0406 e. The number of rotatable bonds is 5. The van der Waals surface area contributed by atoms with Crippen LogP contribution in [0, 0.1) is 0 Å². The summed E-state index contributed by atoms with van der Waals surface area (Å²) in [5.41, 5.74) is 6.94. The number of hydrogen-bond donors (Lipinski definition) is 1. The van der Waals surface area contributed by atoms with Gasteiger partial charge in [-0.25, -0.2) is 0 Å². The molecule has 0 atom stereocenters. The number of piperazine rings is 1. The second-order valence-electron chi connectivity index (χ2n) is 4.85. The first-order valence-electron chi connectivity index (χ1n) is 6.67. The minimum absolute atomic E-state index is 0.769. The quantitative estimate of drug-likeness (QED) is 0.877. The molecule has 1 aromatic carbocycles. The van der Waals surface area contributed by atoms with Crippen molar-refractivity contribution in [1.82, 2.24) is 9.80 Å². The first-order valence-corrected chi connectivity index (χ1v) is 7.05. The van der Waals surface area contributed by atoms with E-state index in [1.807, 2.05) is 12.1 Å². The van der Waals surface area contributed by atoms with E-state index in [-0.39, 0.29) is 0 Å². The largest absolute Gasteiger partial charge is 0.329 e. The van der Waals surface area contributed by atoms with Gasteiger partial charge >= 0.3 is 0 Å². The summed E-state index contributed by atoms with van der Waals surface area (Å²) in [5.74, 6) is 0. The fourth-order valence-corrected chi connectivity index (χ4v) is 2.48. The van der Waals surface area contributed by atoms with Crippen LogP contribution in [-0.2, 0) is 6.42 Å². The van der Waals surface area contributed by atoms with Gasteiger partial charge in [0.2, 0.25) is 0 Å². The molecule has 1 fully saturated rings. The fraction of sp³-hybridized carbons (Fsp3) is 0.571. The van der Waals surface area contributed by atoms with Crippen molar-refractivity contribution < 1.29 is 0 Å². The second-order valence-corrected chi connectivity index (χ2v) is 5.28. The highest BCUT2D eigenvalue weighted by atomic mass is 35.5. The Balaban J connectivity index is 1.70. The van der Waals surface area contributed by atoms with E-state index < -0.39 is 0 Å². The van der Waals surface area contributed by atoms with Gasteiger partial charge in [0.15, 0.2) is 0 Å². The first kappa shape index (κ1) is 13.8. The summed E-state index contributed by atoms with van der Waals surface area (Å²) in [4.78, 5) is 4.97. The van der Waals surface area contributed by atoms with Gasteiger partial charge in [0, 0.05) is 50.8 Å². The molecule has 0 saturated carbocycles. The second kappa shape index (κ2) is 7.10. The summed E-state index contributed by atoms with van der Waals surface area (Å²) in [6, 6.07) is 8.17. The Morgan fingerprint density at radius 2 is 1.50 bits per heavy atom. The summed E-state index contributed by atoms with van der Waals surface area (Å²) < 4.78 is 0. The molecule has 4 heteroatoms. The highest BCUT2D eigenvalue weighted by molar-refractivity contribution is 6.30. The molecule has 0 spiro atoms. The van der Waals surface area contributed by atoms with E-state index in [0.717, 1.165) is 57.3 Å². The van der Waals surface area contributed by atoms with Crippen LogP contribution in [0.25, 0.3) is 0 Å². The predicted octanol–water partition coefficient (Wildman–Crippen LogP) is 1.46. The van der Waals surface area contributed by atoms with Crippen LogP contribution in [0.2, 0.25) is 5.02 Å². The molecule has 0 amide bonds. The van der Waals surface area contributed by atoms with Crippen molar-refractivity contribution in [2.45, 2.75) is 6.42 Å². The van der Waals surface area contributed by atoms with Crippen molar-refractivity contribution in [3.8, 4) is 0 Å². The topological polar surface area (TPSA) is 32.5 Å². The minimum atomic E-state index is 0.769. The molecule has 0 bridgehead atoms. The van der Waals surface area contributed by atoms with Gasteiger partial charge in [0.25, 0.3) is 0 Å². The van der Waals surface area contributed by atoms with Gasteiger partial charge in [-0.1, -0.05) is 23.7 Å². The highest BCUT2D eigenvalue weighted by Crippen LogP contribution is 2.11. The Kier molecular flexibility index (Phi) is 5.45. The molecule has 0 radical (unpaired) electrons. The van der Waals surface area contributed by atoms with E-state index in [9.17, 15) is 0 Å². The van der Waals surface area contributed by atoms with Crippen LogP contribution in [0.15, 0.2) is 24.3 Å². The molecule has 18 heavy (non-hydrogen) atoms. The maximum absolute atomic E-state index is 5.88. The van der Waals surface area contributed by atoms with Gasteiger partial charge in [-0.15, -0.1) is 0 Å². The Labute approximate surface area is 115 Å². The molecule has 0 unspecified atom stereocenters. The number of hydrogen-bond acceptors (Lipinski definition) is 3. The van der Waals surface area contributed by atoms with Crippen LogP contribution in [-0.4, -0.2) is 55.6 Å². The zero-order valence-electron chi connectivity index (χ0n) is 10.8. The van der Waals surface area contributed by atoms with Crippen molar-refractivity contribution in [2.75, 3.05) is 45.8 Å². The van der Waals surface area contributed by atoms with Crippen molar-refractivity contribution >= 4 is 11.6 Å². The van der Waals surface area contributed by atoms with Gasteiger partial charge in [0.1, 0.15) is 0 Å². The van der Waals surface area contributed by atoms with Crippen LogP contribution in [0.3, 0.4) is 0 Å². The molecular weight excluding hydrogens is 246 g/mol. The van der Waals surface area contributed by atoms with Crippen molar-refractivity contribution in [3.05, 3.63) is 34.9 Å². The average molecular weight is 268 g/mol. The van der Waals surface area contributed by atoms with Gasteiger partial charge < -0.3 is 10.6 Å². The fourth-order valence-electron chi connectivity index (χ4n) is 2.36. The third-order valence-electron chi connectivity index (χ3n) is 3.54. The molecule has 1 heterocycles. The predicted molar refractivity (Wildman–Crippen MR) is 77.1 cm³/mol. The molecule has 2 N–H and O–H groups in total. The van der Waals surface area contributed by atoms with Crippen molar-refractivity contribution in [1.29, 1.82) is 0 Å². The monoisotopic (exact) mass is 267 g/mol. The molecule has 3 nitrogen and oxygen atoms in total. The van der Waals surface area contributed by atoms with Crippen molar-refractivity contribution in [2.24, 2.45) is 5.73 Å². The number of nitrogens with zero attached hydrogens (tertiary/aromatic N) is 2. The average Bonchev–Trinajstić information content (AvgIpc) is 2.40. The van der Waals surface area contributed by atoms with Gasteiger partial charge in [-0.3, -0.25) is 4.90 Å². The van der Waals surface area contributed by atoms with E-state index in [2.05, 4.69) is 21.9 Å². The Morgan fingerprint density at radius 3 is 2.06 bits per heavy atom. The van der Waals surface area contributed by atoms with E-state index >= 15 is 0 Å². The Morgan fingerprint density at radius 1 is 0.944 bits per heavy atom. The maximum Gasteiger partial charge on any atom is 0.0406 e. The van der Waals surface area contributed by atoms with Crippen LogP contribution in [0.1, 0.15) is 5.56 Å². The summed E-state index contributed by atoms with van der Waals surface area (Å²) in [6.07, 6.45) is 1.11. The van der Waals surface area contributed by atoms with Crippen LogP contribution in [0.5, 0.6) is 0 Å². The molecule has 2 rings (SSSR count). The highest BCUT2D eigenvalue weighted by Gasteiger charge is 2.15. The summed E-state index contributed by atoms with van der Waals surface area (Å²) >= 11 is 5.88. The van der Waals surface area contributed by atoms with Gasteiger partial charge in [-0.2, -0.15) is 0 Å². The number of halogens is 1. The zero-order valence-corrected chi connectivity index (χ0v) is 11.6. The molecule has 1 saturated heterocycles. The molecular formula is C14H22ClN3. The number of benzene rings is 1. The molecule has 0 aliphatic carbocycles. The van der Waals surface area contributed by atoms with Crippen LogP contribution in [0.4, 0.5) is 0 Å². The lowest BCUT2D eigenvalue weighted by Gasteiger charge is -2.34. The summed E-state index contributed by atoms with van der Waals surface area (Å²) in [7, 11) is 0. The Bertz CT molecular complexity index is 345. The lowest BCUT2D eigenvalue weighted by Crippen LogP contribution is -2.48. The van der Waals surface area contributed by atoms with E-state index in [1.54, 1.807) is 0 Å². The molecule has 1 aromatic rings. The van der Waals surface area contributed by atoms with E-state index in [1.165, 1.54) is 5.56 Å². The minimum Gasteiger partial charge on any atom is -0.329 e. The molecule has 100 valence electrons. The summed E-state index contributed by atoms with van der Waals surface area (Å²) in [5, 5.41) is 0.814. The third kappa shape index (κ3) is 4.25. The molecule has 0 aromatic heterocycles. The molecule has 1 aliphatic heterocycles. The Hall–Kier alpha value is -0.610. The lowest BCUT2D eigenvalue weighted by molar-refractivity contribution is 0.136. The van der Waals surface area contributed by atoms with E-state index in [4.69, 9.17) is 17.3 Å². The third-order valence-corrected chi connectivity index (χ3v) is 3.79. The van der Waals surface area contributed by atoms with Crippen LogP contribution < -0.4 is 5.73 Å². The van der Waals surface area contributed by atoms with Crippen molar-refractivity contribution in [3.63, 3.8) is 0 Å². The SMILES string of the molecule is NCCN1CCN(CCc2ccc(Cl)cc2)CC1. The lowest BCUT2D eigenvalue weighted by atomic mass is 10.1. The number of nitrogens with two attached hydrogens (primary N) is 1. The van der Waals surface area contributed by atoms with Gasteiger partial charge in [-0.05, 0) is 24.1 Å². The van der Waals surface area contributed by atoms with Crippen LogP contribution >= 0.6 is 11.6 Å². The first-order chi connectivity index (χ1) is 8.78. The standard InChI is InChI=1S/C14H22ClN3/c15-14-3-1-13(2-4-14)5-7-17-9-11-18(8-6-16)12-10-17/h1-4H,5-12,16H2. The normalized spacial score (nSPS) is 18.1. The zero-order chi connectivity index (χ0) is 12.8. The van der Waals surface area contributed by atoms with E-state index in [0.29, 0.717) is 0 Å².